The van der Waals surface area contributed by atoms with Crippen LogP contribution in [0.1, 0.15) is 64.9 Å². The van der Waals surface area contributed by atoms with Gasteiger partial charge >= 0.3 is 29.6 Å². The Labute approximate surface area is 174 Å². The van der Waals surface area contributed by atoms with Gasteiger partial charge in [0, 0.05) is 13.5 Å². The topological polar surface area (TPSA) is 75.7 Å². The number of aryl methyl sites for hydroxylation is 1. The molecule has 0 aliphatic rings. The van der Waals surface area contributed by atoms with Crippen LogP contribution in [0.25, 0.3) is 0 Å². The SMILES string of the molecule is CCCCCCCCc1ccc(OC(C)(OCC)S(=O)(=O)[O-])cc1.[Na+]. The van der Waals surface area contributed by atoms with Crippen LogP contribution in [-0.4, -0.2) is 24.7 Å². The number of unbranched alkanes of at least 4 members (excludes halogenated alkanes) is 5. The summed E-state index contributed by atoms with van der Waals surface area (Å²) in [5, 5.41) is -2.21. The molecule has 0 aliphatic heterocycles. The van der Waals surface area contributed by atoms with Gasteiger partial charge in [-0.05, 0) is 37.5 Å². The van der Waals surface area contributed by atoms with Crippen molar-refractivity contribution in [3.05, 3.63) is 29.8 Å². The van der Waals surface area contributed by atoms with E-state index < -0.39 is 15.2 Å². The minimum Gasteiger partial charge on any atom is -0.743 e. The van der Waals surface area contributed by atoms with E-state index in [1.807, 2.05) is 12.1 Å². The predicted molar refractivity (Wildman–Crippen MR) is 93.9 cm³/mol. The van der Waals surface area contributed by atoms with Gasteiger partial charge in [0.2, 0.25) is 0 Å². The quantitative estimate of drug-likeness (QED) is 0.236. The second kappa shape index (κ2) is 12.3. The Kier molecular flexibility index (Phi) is 12.3. The molecule has 1 atom stereocenters. The van der Waals surface area contributed by atoms with E-state index in [4.69, 9.17) is 9.47 Å². The van der Waals surface area contributed by atoms with E-state index >= 15 is 0 Å². The Hall–Kier alpha value is -0.110. The summed E-state index contributed by atoms with van der Waals surface area (Å²) in [7, 11) is -4.75. The summed E-state index contributed by atoms with van der Waals surface area (Å²) in [5.74, 6) is 0.303. The van der Waals surface area contributed by atoms with Crippen molar-refractivity contribution in [2.24, 2.45) is 0 Å². The standard InChI is InChI=1S/C18H30O5S.Na/c1-4-6-7-8-9-10-11-16-12-14-17(15-13-16)23-18(3,22-5-2)24(19,20)21;/h12-15H,4-11H2,1-3H3,(H,19,20,21);/q;+1/p-1. The Morgan fingerprint density at radius 1 is 1.00 bits per heavy atom. The first-order valence-electron chi connectivity index (χ1n) is 8.69. The number of hydrogen-bond acceptors (Lipinski definition) is 5. The Bertz CT molecular complexity index is 574. The van der Waals surface area contributed by atoms with Crippen LogP contribution < -0.4 is 34.3 Å². The van der Waals surface area contributed by atoms with Gasteiger partial charge in [-0.25, -0.2) is 8.42 Å². The van der Waals surface area contributed by atoms with E-state index in [2.05, 4.69) is 6.92 Å². The summed E-state index contributed by atoms with van der Waals surface area (Å²) >= 11 is 0. The molecule has 0 saturated carbocycles. The predicted octanol–water partition coefficient (Wildman–Crippen LogP) is 1.23. The second-order valence-corrected chi connectivity index (χ2v) is 7.66. The zero-order valence-electron chi connectivity index (χ0n) is 15.9. The fourth-order valence-corrected chi connectivity index (χ4v) is 2.92. The van der Waals surface area contributed by atoms with Gasteiger partial charge in [0.25, 0.3) is 5.12 Å². The third-order valence-corrected chi connectivity index (χ3v) is 5.02. The first-order chi connectivity index (χ1) is 11.3. The zero-order chi connectivity index (χ0) is 18.1. The molecule has 1 aromatic rings. The summed E-state index contributed by atoms with van der Waals surface area (Å²) < 4.78 is 44.4. The molecule has 5 nitrogen and oxygen atoms in total. The number of rotatable bonds is 12. The van der Waals surface area contributed by atoms with Gasteiger partial charge in [0.15, 0.2) is 10.1 Å². The van der Waals surface area contributed by atoms with Crippen molar-refractivity contribution in [2.75, 3.05) is 6.61 Å². The third-order valence-electron chi connectivity index (χ3n) is 3.91. The van der Waals surface area contributed by atoms with Gasteiger partial charge in [0.05, 0.1) is 0 Å². The Morgan fingerprint density at radius 3 is 2.08 bits per heavy atom. The number of hydrogen-bond donors (Lipinski definition) is 0. The van der Waals surface area contributed by atoms with E-state index in [1.54, 1.807) is 19.1 Å². The molecule has 0 bridgehead atoms. The molecule has 0 aromatic heterocycles. The van der Waals surface area contributed by atoms with Crippen molar-refractivity contribution in [3.63, 3.8) is 0 Å². The van der Waals surface area contributed by atoms with E-state index in [-0.39, 0.29) is 36.2 Å². The van der Waals surface area contributed by atoms with Crippen molar-refractivity contribution in [1.82, 2.24) is 0 Å². The molecule has 138 valence electrons. The van der Waals surface area contributed by atoms with Gasteiger partial charge < -0.3 is 14.0 Å². The molecule has 25 heavy (non-hydrogen) atoms. The molecule has 0 spiro atoms. The summed E-state index contributed by atoms with van der Waals surface area (Å²) in [6.07, 6.45) is 8.44. The largest absolute Gasteiger partial charge is 1.00 e. The second-order valence-electron chi connectivity index (χ2n) is 6.01. The molecule has 0 saturated heterocycles. The van der Waals surface area contributed by atoms with Crippen LogP contribution in [-0.2, 0) is 21.3 Å². The molecule has 1 unspecified atom stereocenters. The normalized spacial score (nSPS) is 13.8. The molecule has 1 rings (SSSR count). The molecule has 0 N–H and O–H groups in total. The first kappa shape index (κ1) is 24.9. The maximum absolute atomic E-state index is 11.4. The number of ether oxygens (including phenoxy) is 2. The molecule has 1 aromatic carbocycles. The van der Waals surface area contributed by atoms with Gasteiger partial charge in [-0.2, -0.15) is 0 Å². The van der Waals surface area contributed by atoms with Crippen LogP contribution in [0.5, 0.6) is 5.75 Å². The molecule has 0 fully saturated rings. The van der Waals surface area contributed by atoms with E-state index in [0.29, 0.717) is 5.75 Å². The van der Waals surface area contributed by atoms with Crippen LogP contribution in [0.3, 0.4) is 0 Å². The van der Waals surface area contributed by atoms with Gasteiger partial charge in [-0.1, -0.05) is 51.2 Å². The van der Waals surface area contributed by atoms with Crippen molar-refractivity contribution in [3.8, 4) is 5.75 Å². The van der Waals surface area contributed by atoms with Crippen molar-refractivity contribution >= 4 is 10.1 Å². The molecule has 0 amide bonds. The summed E-state index contributed by atoms with van der Waals surface area (Å²) in [6.45, 7) is 5.01. The average molecular weight is 380 g/mol. The van der Waals surface area contributed by atoms with Gasteiger partial charge in [-0.15, -0.1) is 0 Å². The monoisotopic (exact) mass is 380 g/mol. The summed E-state index contributed by atoms with van der Waals surface area (Å²) in [6, 6.07) is 7.14. The molecule has 0 heterocycles. The maximum atomic E-state index is 11.4. The van der Waals surface area contributed by atoms with Crippen molar-refractivity contribution in [1.29, 1.82) is 0 Å². The fraction of sp³-hybridized carbons (Fsp3) is 0.667. The van der Waals surface area contributed by atoms with Crippen LogP contribution in [0, 0.1) is 0 Å². The van der Waals surface area contributed by atoms with Crippen LogP contribution >= 0.6 is 0 Å². The fourth-order valence-electron chi connectivity index (χ4n) is 2.46. The van der Waals surface area contributed by atoms with Crippen LogP contribution in [0.15, 0.2) is 24.3 Å². The van der Waals surface area contributed by atoms with Gasteiger partial charge in [-0.3, -0.25) is 0 Å². The molecule has 7 heteroatoms. The molecule has 0 aliphatic carbocycles. The zero-order valence-corrected chi connectivity index (χ0v) is 18.7. The minimum atomic E-state index is -4.75. The van der Waals surface area contributed by atoms with Crippen LogP contribution in [0.2, 0.25) is 0 Å². The first-order valence-corrected chi connectivity index (χ1v) is 10.1. The van der Waals surface area contributed by atoms with E-state index in [0.717, 1.165) is 19.8 Å². The minimum absolute atomic E-state index is 0. The average Bonchev–Trinajstić information content (AvgIpc) is 2.51. The number of benzene rings is 1. The third kappa shape index (κ3) is 8.89. The summed E-state index contributed by atoms with van der Waals surface area (Å²) in [5.41, 5.74) is 1.17. The van der Waals surface area contributed by atoms with Crippen molar-refractivity contribution in [2.45, 2.75) is 70.8 Å². The van der Waals surface area contributed by atoms with Crippen LogP contribution in [0.4, 0.5) is 0 Å². The van der Waals surface area contributed by atoms with Gasteiger partial charge in [0.1, 0.15) is 5.75 Å². The van der Waals surface area contributed by atoms with E-state index in [1.165, 1.54) is 37.7 Å². The molecular formula is C18H29NaO5S. The van der Waals surface area contributed by atoms with E-state index in [9.17, 15) is 13.0 Å². The molecular weight excluding hydrogens is 351 g/mol. The summed E-state index contributed by atoms with van der Waals surface area (Å²) in [4.78, 5) is 0. The van der Waals surface area contributed by atoms with Crippen molar-refractivity contribution < 1.29 is 52.0 Å². The smallest absolute Gasteiger partial charge is 0.743 e. The Balaban J connectivity index is 0.00000576. The molecule has 0 radical (unpaired) electrons. The Morgan fingerprint density at radius 2 is 1.56 bits per heavy atom. The maximum Gasteiger partial charge on any atom is 1.00 e.